The van der Waals surface area contributed by atoms with Crippen molar-refractivity contribution in [2.24, 2.45) is 16.8 Å². The zero-order valence-corrected chi connectivity index (χ0v) is 11.4. The maximum atomic E-state index is 5.46. The third-order valence-electron chi connectivity index (χ3n) is 2.22. The van der Waals surface area contributed by atoms with E-state index >= 15 is 0 Å². The van der Waals surface area contributed by atoms with E-state index in [1.54, 1.807) is 11.3 Å². The molecular weight excluding hydrogens is 234 g/mol. The van der Waals surface area contributed by atoms with Crippen molar-refractivity contribution in [1.82, 2.24) is 15.7 Å². The SMILES string of the molecule is CCC(NC(=NCC(C)C)NN)c1nccs1. The zero-order chi connectivity index (χ0) is 12.7. The molecule has 0 saturated carbocycles. The van der Waals surface area contributed by atoms with Gasteiger partial charge in [-0.3, -0.25) is 10.4 Å². The molecule has 0 aliphatic rings. The Labute approximate surface area is 107 Å². The van der Waals surface area contributed by atoms with Gasteiger partial charge in [-0.15, -0.1) is 11.3 Å². The quantitative estimate of drug-likeness (QED) is 0.324. The zero-order valence-electron chi connectivity index (χ0n) is 10.6. The van der Waals surface area contributed by atoms with Crippen LogP contribution < -0.4 is 16.6 Å². The molecule has 1 unspecified atom stereocenters. The summed E-state index contributed by atoms with van der Waals surface area (Å²) in [5, 5.41) is 6.30. The lowest BCUT2D eigenvalue weighted by molar-refractivity contribution is 0.597. The van der Waals surface area contributed by atoms with E-state index in [2.05, 4.69) is 41.5 Å². The van der Waals surface area contributed by atoms with Crippen LogP contribution in [-0.4, -0.2) is 17.5 Å². The molecule has 1 rings (SSSR count). The lowest BCUT2D eigenvalue weighted by atomic mass is 10.2. The Morgan fingerprint density at radius 2 is 2.35 bits per heavy atom. The van der Waals surface area contributed by atoms with Crippen LogP contribution in [0.2, 0.25) is 0 Å². The predicted molar refractivity (Wildman–Crippen MR) is 72.7 cm³/mol. The van der Waals surface area contributed by atoms with Crippen molar-refractivity contribution in [3.05, 3.63) is 16.6 Å². The van der Waals surface area contributed by atoms with Gasteiger partial charge in [0.1, 0.15) is 5.01 Å². The summed E-state index contributed by atoms with van der Waals surface area (Å²) in [7, 11) is 0. The fourth-order valence-electron chi connectivity index (χ4n) is 1.32. The van der Waals surface area contributed by atoms with Gasteiger partial charge in [0, 0.05) is 18.1 Å². The number of guanidine groups is 1. The van der Waals surface area contributed by atoms with Crippen LogP contribution in [0.1, 0.15) is 38.2 Å². The van der Waals surface area contributed by atoms with Crippen molar-refractivity contribution in [2.75, 3.05) is 6.54 Å². The number of aromatic nitrogens is 1. The van der Waals surface area contributed by atoms with Gasteiger partial charge in [-0.05, 0) is 12.3 Å². The highest BCUT2D eigenvalue weighted by molar-refractivity contribution is 7.09. The maximum absolute atomic E-state index is 5.46. The van der Waals surface area contributed by atoms with Crippen LogP contribution in [0.5, 0.6) is 0 Å². The highest BCUT2D eigenvalue weighted by Crippen LogP contribution is 2.18. The Kier molecular flexibility index (Phi) is 5.93. The molecule has 4 N–H and O–H groups in total. The van der Waals surface area contributed by atoms with E-state index in [0.717, 1.165) is 18.0 Å². The van der Waals surface area contributed by atoms with E-state index in [-0.39, 0.29) is 6.04 Å². The number of nitrogens with one attached hydrogen (secondary N) is 2. The summed E-state index contributed by atoms with van der Waals surface area (Å²) in [6, 6.07) is 0.164. The molecule has 17 heavy (non-hydrogen) atoms. The molecule has 0 aliphatic carbocycles. The Morgan fingerprint density at radius 1 is 1.59 bits per heavy atom. The topological polar surface area (TPSA) is 75.3 Å². The molecule has 0 spiro atoms. The van der Waals surface area contributed by atoms with Gasteiger partial charge >= 0.3 is 0 Å². The smallest absolute Gasteiger partial charge is 0.206 e. The second kappa shape index (κ2) is 7.24. The Hall–Kier alpha value is -1.14. The van der Waals surface area contributed by atoms with Crippen molar-refractivity contribution in [2.45, 2.75) is 33.2 Å². The van der Waals surface area contributed by atoms with Crippen LogP contribution in [-0.2, 0) is 0 Å². The van der Waals surface area contributed by atoms with E-state index < -0.39 is 0 Å². The fourth-order valence-corrected chi connectivity index (χ4v) is 2.09. The maximum Gasteiger partial charge on any atom is 0.206 e. The standard InChI is InChI=1S/C11H21N5S/c1-4-9(10-13-5-6-17-10)15-11(16-12)14-7-8(2)3/h5-6,8-9H,4,7,12H2,1-3H3,(H2,14,15,16). The minimum absolute atomic E-state index is 0.164. The van der Waals surface area contributed by atoms with Gasteiger partial charge in [0.05, 0.1) is 6.04 Å². The van der Waals surface area contributed by atoms with Gasteiger partial charge in [-0.2, -0.15) is 0 Å². The van der Waals surface area contributed by atoms with Crippen LogP contribution in [0.25, 0.3) is 0 Å². The predicted octanol–water partition coefficient (Wildman–Crippen LogP) is 1.66. The van der Waals surface area contributed by atoms with Gasteiger partial charge in [-0.1, -0.05) is 20.8 Å². The van der Waals surface area contributed by atoms with E-state index in [4.69, 9.17) is 5.84 Å². The first kappa shape index (κ1) is 13.9. The van der Waals surface area contributed by atoms with Crippen molar-refractivity contribution < 1.29 is 0 Å². The molecule has 96 valence electrons. The molecular formula is C11H21N5S. The number of nitrogens with zero attached hydrogens (tertiary/aromatic N) is 2. The minimum Gasteiger partial charge on any atom is -0.346 e. The molecule has 0 saturated heterocycles. The molecule has 1 heterocycles. The molecule has 6 heteroatoms. The van der Waals surface area contributed by atoms with Crippen molar-refractivity contribution >= 4 is 17.3 Å². The van der Waals surface area contributed by atoms with E-state index in [1.807, 2.05) is 11.6 Å². The first-order valence-corrected chi connectivity index (χ1v) is 6.72. The normalized spacial score (nSPS) is 13.8. The summed E-state index contributed by atoms with van der Waals surface area (Å²) >= 11 is 1.64. The fraction of sp³-hybridized carbons (Fsp3) is 0.636. The van der Waals surface area contributed by atoms with Crippen LogP contribution in [0, 0.1) is 5.92 Å². The Morgan fingerprint density at radius 3 is 2.82 bits per heavy atom. The third-order valence-corrected chi connectivity index (χ3v) is 3.11. The van der Waals surface area contributed by atoms with Crippen LogP contribution in [0.4, 0.5) is 0 Å². The molecule has 0 amide bonds. The summed E-state index contributed by atoms with van der Waals surface area (Å²) in [4.78, 5) is 8.69. The molecule has 1 atom stereocenters. The number of hydrogen-bond donors (Lipinski definition) is 3. The lowest BCUT2D eigenvalue weighted by Crippen LogP contribution is -2.43. The Balaban J connectivity index is 2.62. The average molecular weight is 255 g/mol. The van der Waals surface area contributed by atoms with Crippen molar-refractivity contribution in [1.29, 1.82) is 0 Å². The molecule has 1 aromatic rings. The summed E-state index contributed by atoms with van der Waals surface area (Å²) in [5.41, 5.74) is 2.60. The van der Waals surface area contributed by atoms with Gasteiger partial charge in [0.15, 0.2) is 0 Å². The second-order valence-corrected chi connectivity index (χ2v) is 5.13. The number of hydrogen-bond acceptors (Lipinski definition) is 4. The van der Waals surface area contributed by atoms with Crippen LogP contribution in [0.3, 0.4) is 0 Å². The highest BCUT2D eigenvalue weighted by atomic mass is 32.1. The molecule has 1 aromatic heterocycles. The van der Waals surface area contributed by atoms with Crippen LogP contribution >= 0.6 is 11.3 Å². The number of thiazole rings is 1. The molecule has 0 radical (unpaired) electrons. The van der Waals surface area contributed by atoms with Crippen molar-refractivity contribution in [3.63, 3.8) is 0 Å². The highest BCUT2D eigenvalue weighted by Gasteiger charge is 2.13. The summed E-state index contributed by atoms with van der Waals surface area (Å²) in [6.45, 7) is 7.10. The molecule has 0 aromatic carbocycles. The van der Waals surface area contributed by atoms with E-state index in [1.165, 1.54) is 0 Å². The summed E-state index contributed by atoms with van der Waals surface area (Å²) < 4.78 is 0. The largest absolute Gasteiger partial charge is 0.346 e. The second-order valence-electron chi connectivity index (χ2n) is 4.20. The average Bonchev–Trinajstić information content (AvgIpc) is 2.83. The lowest BCUT2D eigenvalue weighted by Gasteiger charge is -2.17. The first-order valence-electron chi connectivity index (χ1n) is 5.84. The summed E-state index contributed by atoms with van der Waals surface area (Å²) in [5.74, 6) is 6.59. The molecule has 0 bridgehead atoms. The number of aliphatic imine (C=N–C) groups is 1. The monoisotopic (exact) mass is 255 g/mol. The molecule has 0 fully saturated rings. The van der Waals surface area contributed by atoms with Gasteiger partial charge in [0.2, 0.25) is 5.96 Å². The Bertz CT molecular complexity index is 334. The van der Waals surface area contributed by atoms with Gasteiger partial charge < -0.3 is 5.32 Å². The van der Waals surface area contributed by atoms with E-state index in [9.17, 15) is 0 Å². The first-order chi connectivity index (χ1) is 8.17. The van der Waals surface area contributed by atoms with Gasteiger partial charge in [-0.25, -0.2) is 10.8 Å². The number of hydrazine groups is 1. The molecule has 0 aliphatic heterocycles. The summed E-state index contributed by atoms with van der Waals surface area (Å²) in [6.07, 6.45) is 2.75. The molecule has 5 nitrogen and oxygen atoms in total. The third kappa shape index (κ3) is 4.70. The van der Waals surface area contributed by atoms with Crippen LogP contribution in [0.15, 0.2) is 16.6 Å². The number of nitrogens with two attached hydrogens (primary N) is 1. The van der Waals surface area contributed by atoms with Gasteiger partial charge in [0.25, 0.3) is 0 Å². The van der Waals surface area contributed by atoms with E-state index in [0.29, 0.717) is 11.9 Å². The van der Waals surface area contributed by atoms with Crippen molar-refractivity contribution in [3.8, 4) is 0 Å². The number of rotatable bonds is 5. The minimum atomic E-state index is 0.164.